The molecule has 1 aromatic heterocycles. The maximum absolute atomic E-state index is 4.43. The van der Waals surface area contributed by atoms with Crippen LogP contribution in [0.15, 0.2) is 65.9 Å². The average Bonchev–Trinajstić information content (AvgIpc) is 3.08. The first kappa shape index (κ1) is 17.0. The third-order valence-corrected chi connectivity index (χ3v) is 4.27. The van der Waals surface area contributed by atoms with Crippen molar-refractivity contribution in [2.24, 2.45) is 4.99 Å². The Hall–Kier alpha value is -2.82. The van der Waals surface area contributed by atoms with Crippen LogP contribution in [0.2, 0.25) is 0 Å². The van der Waals surface area contributed by atoms with E-state index in [1.54, 1.807) is 7.05 Å². The zero-order valence-corrected chi connectivity index (χ0v) is 14.8. The molecule has 130 valence electrons. The van der Waals surface area contributed by atoms with Crippen LogP contribution < -0.4 is 10.6 Å². The molecule has 0 amide bonds. The quantitative estimate of drug-likeness (QED) is 0.413. The highest BCUT2D eigenvalue weighted by Crippen LogP contribution is 2.12. The Bertz CT molecular complexity index is 822. The van der Waals surface area contributed by atoms with Gasteiger partial charge in [-0.05, 0) is 31.0 Å². The summed E-state index contributed by atoms with van der Waals surface area (Å²) in [4.78, 5) is 8.74. The second-order valence-corrected chi connectivity index (χ2v) is 6.06. The highest BCUT2D eigenvalue weighted by molar-refractivity contribution is 5.80. The van der Waals surface area contributed by atoms with Gasteiger partial charge in [0.25, 0.3) is 0 Å². The van der Waals surface area contributed by atoms with Crippen molar-refractivity contribution in [3.63, 3.8) is 0 Å². The van der Waals surface area contributed by atoms with Gasteiger partial charge >= 0.3 is 0 Å². The summed E-state index contributed by atoms with van der Waals surface area (Å²) in [5.74, 6) is 0.826. The van der Waals surface area contributed by atoms with Gasteiger partial charge in [0.2, 0.25) is 0 Å². The van der Waals surface area contributed by atoms with Crippen LogP contribution in [0.5, 0.6) is 0 Å². The van der Waals surface area contributed by atoms with E-state index >= 15 is 0 Å². The van der Waals surface area contributed by atoms with Gasteiger partial charge in [0, 0.05) is 20.1 Å². The Labute approximate surface area is 148 Å². The number of para-hydroxylation sites is 2. The molecule has 0 aliphatic rings. The van der Waals surface area contributed by atoms with E-state index in [-0.39, 0.29) is 6.04 Å². The Morgan fingerprint density at radius 1 is 1.12 bits per heavy atom. The number of hydrogen-bond donors (Lipinski definition) is 2. The van der Waals surface area contributed by atoms with E-state index in [9.17, 15) is 0 Å². The van der Waals surface area contributed by atoms with Crippen LogP contribution in [0.4, 0.5) is 0 Å². The molecule has 5 heteroatoms. The third kappa shape index (κ3) is 4.38. The van der Waals surface area contributed by atoms with Crippen molar-refractivity contribution in [3.05, 3.63) is 66.5 Å². The first-order valence-electron chi connectivity index (χ1n) is 8.70. The molecule has 2 N–H and O–H groups in total. The Kier molecular flexibility index (Phi) is 5.67. The number of imidazole rings is 1. The van der Waals surface area contributed by atoms with E-state index < -0.39 is 0 Å². The highest BCUT2D eigenvalue weighted by atomic mass is 15.2. The Morgan fingerprint density at radius 3 is 2.68 bits per heavy atom. The molecule has 1 heterocycles. The Balaban J connectivity index is 1.47. The molecule has 0 fully saturated rings. The molecule has 3 rings (SSSR count). The van der Waals surface area contributed by atoms with E-state index in [1.807, 2.05) is 24.5 Å². The van der Waals surface area contributed by atoms with Crippen molar-refractivity contribution in [1.82, 2.24) is 20.2 Å². The van der Waals surface area contributed by atoms with Crippen LogP contribution in [0, 0.1) is 0 Å². The molecule has 0 spiro atoms. The van der Waals surface area contributed by atoms with Crippen molar-refractivity contribution in [3.8, 4) is 0 Å². The van der Waals surface area contributed by atoms with Gasteiger partial charge in [0.1, 0.15) is 0 Å². The van der Waals surface area contributed by atoms with Gasteiger partial charge in [-0.15, -0.1) is 0 Å². The number of aliphatic imine (C=N–C) groups is 1. The van der Waals surface area contributed by atoms with Gasteiger partial charge in [-0.25, -0.2) is 4.98 Å². The first-order chi connectivity index (χ1) is 12.3. The molecule has 0 saturated heterocycles. The lowest BCUT2D eigenvalue weighted by Gasteiger charge is -2.18. The molecule has 3 aromatic rings. The highest BCUT2D eigenvalue weighted by Gasteiger charge is 2.07. The lowest BCUT2D eigenvalue weighted by Crippen LogP contribution is -2.39. The first-order valence-corrected chi connectivity index (χ1v) is 8.70. The summed E-state index contributed by atoms with van der Waals surface area (Å²) in [7, 11) is 1.80. The summed E-state index contributed by atoms with van der Waals surface area (Å²) in [5, 5.41) is 6.81. The van der Waals surface area contributed by atoms with E-state index in [0.29, 0.717) is 0 Å². The second kappa shape index (κ2) is 8.33. The van der Waals surface area contributed by atoms with Crippen LogP contribution in [0.25, 0.3) is 11.0 Å². The normalized spacial score (nSPS) is 13.0. The van der Waals surface area contributed by atoms with Crippen molar-refractivity contribution >= 4 is 17.0 Å². The molecule has 1 unspecified atom stereocenters. The van der Waals surface area contributed by atoms with Crippen LogP contribution in [-0.2, 0) is 6.54 Å². The summed E-state index contributed by atoms with van der Waals surface area (Å²) in [6, 6.07) is 18.8. The second-order valence-electron chi connectivity index (χ2n) is 6.06. The third-order valence-electron chi connectivity index (χ3n) is 4.27. The van der Waals surface area contributed by atoms with Crippen LogP contribution in [-0.4, -0.2) is 29.1 Å². The molecule has 2 aromatic carbocycles. The molecule has 5 nitrogen and oxygen atoms in total. The summed E-state index contributed by atoms with van der Waals surface area (Å²) in [6.07, 6.45) is 2.91. The van der Waals surface area contributed by atoms with E-state index in [4.69, 9.17) is 0 Å². The molecular weight excluding hydrogens is 310 g/mol. The van der Waals surface area contributed by atoms with Crippen LogP contribution in [0.3, 0.4) is 0 Å². The number of fused-ring (bicyclic) bond motifs is 1. The number of guanidine groups is 1. The Morgan fingerprint density at radius 2 is 1.88 bits per heavy atom. The van der Waals surface area contributed by atoms with Crippen molar-refractivity contribution < 1.29 is 0 Å². The minimum atomic E-state index is 0.213. The molecule has 25 heavy (non-hydrogen) atoms. The molecule has 0 radical (unpaired) electrons. The van der Waals surface area contributed by atoms with E-state index in [0.717, 1.165) is 31.0 Å². The standard InChI is InChI=1S/C20H25N5/c1-16(17-9-4-3-5-10-17)24-20(21-2)22-13-8-14-25-15-23-18-11-6-7-12-19(18)25/h3-7,9-12,15-16H,8,13-14H2,1-2H3,(H2,21,22,24). The molecule has 1 atom stereocenters. The van der Waals surface area contributed by atoms with Gasteiger partial charge in [0.15, 0.2) is 5.96 Å². The smallest absolute Gasteiger partial charge is 0.191 e. The number of benzene rings is 2. The fourth-order valence-corrected chi connectivity index (χ4v) is 2.87. The summed E-state index contributed by atoms with van der Waals surface area (Å²) in [5.41, 5.74) is 3.47. The molecule has 0 aliphatic carbocycles. The van der Waals surface area contributed by atoms with Crippen molar-refractivity contribution in [2.75, 3.05) is 13.6 Å². The van der Waals surface area contributed by atoms with Gasteiger partial charge in [0.05, 0.1) is 23.4 Å². The van der Waals surface area contributed by atoms with E-state index in [1.165, 1.54) is 11.1 Å². The lowest BCUT2D eigenvalue weighted by atomic mass is 10.1. The maximum atomic E-state index is 4.43. The minimum Gasteiger partial charge on any atom is -0.356 e. The fourth-order valence-electron chi connectivity index (χ4n) is 2.87. The number of aryl methyl sites for hydroxylation is 1. The van der Waals surface area contributed by atoms with E-state index in [2.05, 4.69) is 68.5 Å². The summed E-state index contributed by atoms with van der Waals surface area (Å²) < 4.78 is 2.19. The predicted octanol–water partition coefficient (Wildman–Crippen LogP) is 3.35. The molecule has 0 saturated carbocycles. The van der Waals surface area contributed by atoms with Crippen LogP contribution >= 0.6 is 0 Å². The average molecular weight is 335 g/mol. The monoisotopic (exact) mass is 335 g/mol. The minimum absolute atomic E-state index is 0.213. The fraction of sp³-hybridized carbons (Fsp3) is 0.300. The van der Waals surface area contributed by atoms with Gasteiger partial charge in [-0.1, -0.05) is 42.5 Å². The van der Waals surface area contributed by atoms with Crippen molar-refractivity contribution in [2.45, 2.75) is 25.9 Å². The van der Waals surface area contributed by atoms with Crippen molar-refractivity contribution in [1.29, 1.82) is 0 Å². The number of hydrogen-bond acceptors (Lipinski definition) is 2. The lowest BCUT2D eigenvalue weighted by molar-refractivity contribution is 0.625. The number of aromatic nitrogens is 2. The summed E-state index contributed by atoms with van der Waals surface area (Å²) in [6.45, 7) is 3.92. The molecule has 0 aliphatic heterocycles. The van der Waals surface area contributed by atoms with Gasteiger partial charge < -0.3 is 15.2 Å². The summed E-state index contributed by atoms with van der Waals surface area (Å²) >= 11 is 0. The number of rotatable bonds is 6. The zero-order valence-electron chi connectivity index (χ0n) is 14.8. The zero-order chi connectivity index (χ0) is 17.5. The molecular formula is C20H25N5. The SMILES string of the molecule is CN=C(NCCCn1cnc2ccccc21)NC(C)c1ccccc1. The van der Waals surface area contributed by atoms with Gasteiger partial charge in [-0.2, -0.15) is 0 Å². The van der Waals surface area contributed by atoms with Gasteiger partial charge in [-0.3, -0.25) is 4.99 Å². The topological polar surface area (TPSA) is 54.2 Å². The predicted molar refractivity (Wildman–Crippen MR) is 104 cm³/mol. The van der Waals surface area contributed by atoms with Crippen LogP contribution in [0.1, 0.15) is 24.9 Å². The number of nitrogens with zero attached hydrogens (tertiary/aromatic N) is 3. The molecule has 0 bridgehead atoms. The largest absolute Gasteiger partial charge is 0.356 e. The maximum Gasteiger partial charge on any atom is 0.191 e. The number of nitrogens with one attached hydrogen (secondary N) is 2.